The van der Waals surface area contributed by atoms with Crippen molar-refractivity contribution >= 4 is 23.5 Å². The van der Waals surface area contributed by atoms with Crippen LogP contribution in [0.2, 0.25) is 0 Å². The van der Waals surface area contributed by atoms with E-state index >= 15 is 0 Å². The number of hydrogen-bond acceptors (Lipinski definition) is 5. The van der Waals surface area contributed by atoms with E-state index in [1.165, 1.54) is 17.9 Å². The predicted octanol–water partition coefficient (Wildman–Crippen LogP) is 2.91. The molecule has 0 aromatic heterocycles. The van der Waals surface area contributed by atoms with E-state index in [9.17, 15) is 4.91 Å². The molecule has 0 aliphatic rings. The fourth-order valence-corrected chi connectivity index (χ4v) is 2.69. The summed E-state index contributed by atoms with van der Waals surface area (Å²) in [5, 5.41) is 11.2. The Labute approximate surface area is 94.0 Å². The van der Waals surface area contributed by atoms with Crippen LogP contribution in [0.25, 0.3) is 0 Å². The van der Waals surface area contributed by atoms with Crippen LogP contribution in [-0.2, 0) is 0 Å². The van der Waals surface area contributed by atoms with E-state index in [0.29, 0.717) is 5.75 Å². The highest BCUT2D eigenvalue weighted by Gasteiger charge is 2.05. The zero-order chi connectivity index (χ0) is 10.6. The maximum atomic E-state index is 10.1. The fourth-order valence-electron chi connectivity index (χ4n) is 0.796. The Morgan fingerprint density at radius 2 is 2.07 bits per heavy atom. The topological polar surface area (TPSA) is 53.2 Å². The Hall–Kier alpha value is -0.210. The van der Waals surface area contributed by atoms with Crippen molar-refractivity contribution < 1.29 is 0 Å². The summed E-state index contributed by atoms with van der Waals surface area (Å²) in [5.41, 5.74) is 0. The smallest absolute Gasteiger partial charge is 0.187 e. The van der Waals surface area contributed by atoms with Gasteiger partial charge in [-0.2, -0.15) is 28.8 Å². The van der Waals surface area contributed by atoms with Crippen molar-refractivity contribution in [2.75, 3.05) is 23.0 Å². The summed E-state index contributed by atoms with van der Waals surface area (Å²) in [6.45, 7) is 2.18. The first-order valence-corrected chi connectivity index (χ1v) is 7.03. The summed E-state index contributed by atoms with van der Waals surface area (Å²) < 4.78 is 0. The molecule has 0 aliphatic heterocycles. The van der Waals surface area contributed by atoms with Crippen LogP contribution in [0.15, 0.2) is 5.18 Å². The third-order valence-corrected chi connectivity index (χ3v) is 3.88. The Morgan fingerprint density at radius 3 is 2.64 bits per heavy atom. The average molecular weight is 232 g/mol. The molecule has 0 fully saturated rings. The molecule has 0 heterocycles. The Balaban J connectivity index is 3.13. The van der Waals surface area contributed by atoms with Gasteiger partial charge in [0.05, 0.1) is 6.07 Å². The normalized spacial score (nSPS) is 12.0. The SMILES string of the molecule is CCCSCCCSCC(C#N)N=O. The molecule has 0 spiro atoms. The lowest BCUT2D eigenvalue weighted by molar-refractivity contribution is 0.941. The molecule has 0 rings (SSSR count). The van der Waals surface area contributed by atoms with Gasteiger partial charge in [0.15, 0.2) is 6.04 Å². The van der Waals surface area contributed by atoms with Crippen LogP contribution in [0.3, 0.4) is 0 Å². The maximum absolute atomic E-state index is 10.1. The number of nitrogens with zero attached hydrogens (tertiary/aromatic N) is 2. The molecule has 0 aliphatic carbocycles. The first kappa shape index (κ1) is 13.8. The van der Waals surface area contributed by atoms with Crippen LogP contribution in [-0.4, -0.2) is 29.1 Å². The molecule has 0 saturated carbocycles. The molecule has 1 unspecified atom stereocenters. The number of thioether (sulfide) groups is 2. The molecule has 0 amide bonds. The summed E-state index contributed by atoms with van der Waals surface area (Å²) in [5.74, 6) is 3.96. The minimum absolute atomic E-state index is 0.540. The lowest BCUT2D eigenvalue weighted by Crippen LogP contribution is -2.03. The molecule has 5 heteroatoms. The molecule has 0 bridgehead atoms. The number of nitriles is 1. The minimum atomic E-state index is -0.664. The Bertz CT molecular complexity index is 182. The van der Waals surface area contributed by atoms with Gasteiger partial charge in [0, 0.05) is 5.75 Å². The quantitative estimate of drug-likeness (QED) is 0.453. The van der Waals surface area contributed by atoms with E-state index in [4.69, 9.17) is 5.26 Å². The molecule has 0 N–H and O–H groups in total. The van der Waals surface area contributed by atoms with Crippen LogP contribution in [0.1, 0.15) is 19.8 Å². The van der Waals surface area contributed by atoms with Gasteiger partial charge in [-0.3, -0.25) is 0 Å². The monoisotopic (exact) mass is 232 g/mol. The molecule has 14 heavy (non-hydrogen) atoms. The standard InChI is InChI=1S/C9H16N2OS2/c1-2-4-13-5-3-6-14-8-9(7-10)11-12/h9H,2-6,8H2,1H3. The van der Waals surface area contributed by atoms with E-state index < -0.39 is 6.04 Å². The third kappa shape index (κ3) is 8.39. The van der Waals surface area contributed by atoms with Gasteiger partial charge in [0.2, 0.25) is 0 Å². The number of rotatable bonds is 9. The van der Waals surface area contributed by atoms with Gasteiger partial charge in [-0.25, -0.2) is 0 Å². The van der Waals surface area contributed by atoms with Crippen molar-refractivity contribution in [2.45, 2.75) is 25.8 Å². The molecular formula is C9H16N2OS2. The summed E-state index contributed by atoms with van der Waals surface area (Å²) in [7, 11) is 0. The van der Waals surface area contributed by atoms with Crippen molar-refractivity contribution in [3.8, 4) is 6.07 Å². The minimum Gasteiger partial charge on any atom is -0.196 e. The van der Waals surface area contributed by atoms with Gasteiger partial charge < -0.3 is 0 Å². The van der Waals surface area contributed by atoms with Gasteiger partial charge >= 0.3 is 0 Å². The highest BCUT2D eigenvalue weighted by Crippen LogP contribution is 2.10. The molecule has 0 saturated heterocycles. The van der Waals surface area contributed by atoms with E-state index in [1.807, 2.05) is 17.8 Å². The van der Waals surface area contributed by atoms with Gasteiger partial charge in [-0.15, -0.1) is 4.91 Å². The molecule has 0 aromatic carbocycles. The van der Waals surface area contributed by atoms with Gasteiger partial charge in [0.1, 0.15) is 0 Å². The second kappa shape index (κ2) is 10.9. The Morgan fingerprint density at radius 1 is 1.36 bits per heavy atom. The number of hydrogen-bond donors (Lipinski definition) is 0. The van der Waals surface area contributed by atoms with E-state index in [0.717, 1.165) is 12.2 Å². The van der Waals surface area contributed by atoms with E-state index in [-0.39, 0.29) is 0 Å². The largest absolute Gasteiger partial charge is 0.196 e. The number of nitroso groups, excluding NO2 is 1. The molecule has 0 aromatic rings. The lowest BCUT2D eigenvalue weighted by atomic mass is 10.4. The summed E-state index contributed by atoms with van der Waals surface area (Å²) in [4.78, 5) is 10.1. The molecule has 80 valence electrons. The predicted molar refractivity (Wildman–Crippen MR) is 64.8 cm³/mol. The van der Waals surface area contributed by atoms with E-state index in [2.05, 4.69) is 12.1 Å². The van der Waals surface area contributed by atoms with Gasteiger partial charge in [-0.05, 0) is 30.1 Å². The van der Waals surface area contributed by atoms with Gasteiger partial charge in [0.25, 0.3) is 0 Å². The van der Waals surface area contributed by atoms with Crippen LogP contribution in [0.5, 0.6) is 0 Å². The fraction of sp³-hybridized carbons (Fsp3) is 0.889. The second-order valence-electron chi connectivity index (χ2n) is 2.79. The molecule has 0 radical (unpaired) electrons. The summed E-state index contributed by atoms with van der Waals surface area (Å²) in [6.07, 6.45) is 2.37. The molecule has 3 nitrogen and oxygen atoms in total. The van der Waals surface area contributed by atoms with Gasteiger partial charge in [-0.1, -0.05) is 12.1 Å². The van der Waals surface area contributed by atoms with E-state index in [1.54, 1.807) is 11.8 Å². The first-order valence-electron chi connectivity index (χ1n) is 4.72. The van der Waals surface area contributed by atoms with Crippen molar-refractivity contribution in [3.63, 3.8) is 0 Å². The molecular weight excluding hydrogens is 216 g/mol. The van der Waals surface area contributed by atoms with Crippen LogP contribution < -0.4 is 0 Å². The summed E-state index contributed by atoms with van der Waals surface area (Å²) in [6, 6.07) is 1.19. The highest BCUT2D eigenvalue weighted by molar-refractivity contribution is 8.00. The van der Waals surface area contributed by atoms with Crippen LogP contribution in [0, 0.1) is 16.2 Å². The van der Waals surface area contributed by atoms with Crippen molar-refractivity contribution in [1.82, 2.24) is 0 Å². The lowest BCUT2D eigenvalue weighted by Gasteiger charge is -2.01. The maximum Gasteiger partial charge on any atom is 0.187 e. The van der Waals surface area contributed by atoms with Crippen molar-refractivity contribution in [1.29, 1.82) is 5.26 Å². The second-order valence-corrected chi connectivity index (χ2v) is 5.17. The Kier molecular flexibility index (Phi) is 10.7. The summed E-state index contributed by atoms with van der Waals surface area (Å²) >= 11 is 3.60. The van der Waals surface area contributed by atoms with Crippen molar-refractivity contribution in [2.24, 2.45) is 5.18 Å². The molecule has 1 atom stereocenters. The first-order chi connectivity index (χ1) is 6.85. The zero-order valence-corrected chi connectivity index (χ0v) is 10.1. The average Bonchev–Trinajstić information content (AvgIpc) is 2.22. The third-order valence-electron chi connectivity index (χ3n) is 1.48. The highest BCUT2D eigenvalue weighted by atomic mass is 32.2. The zero-order valence-electron chi connectivity index (χ0n) is 8.44. The van der Waals surface area contributed by atoms with Crippen LogP contribution >= 0.6 is 23.5 Å². The van der Waals surface area contributed by atoms with Crippen molar-refractivity contribution in [3.05, 3.63) is 4.91 Å². The van der Waals surface area contributed by atoms with Crippen LogP contribution in [0.4, 0.5) is 0 Å².